The zero-order valence-corrected chi connectivity index (χ0v) is 11.3. The predicted octanol–water partition coefficient (Wildman–Crippen LogP) is 0.562. The molecule has 0 aromatic carbocycles. The highest BCUT2D eigenvalue weighted by atomic mass is 16.5. The summed E-state index contributed by atoms with van der Waals surface area (Å²) in [5.74, 6) is 0.235. The second-order valence-electron chi connectivity index (χ2n) is 4.65. The molecule has 0 aliphatic carbocycles. The molecule has 1 atom stereocenters. The smallest absolute Gasteiger partial charge is 0.276 e. The molecule has 0 bridgehead atoms. The maximum Gasteiger partial charge on any atom is 0.276 e. The van der Waals surface area contributed by atoms with E-state index in [4.69, 9.17) is 20.2 Å². The van der Waals surface area contributed by atoms with E-state index in [0.717, 1.165) is 12.8 Å². The number of nitrogens with zero attached hydrogens (tertiary/aromatic N) is 3. The molecule has 1 aliphatic rings. The summed E-state index contributed by atoms with van der Waals surface area (Å²) in [6, 6.07) is 1.15. The number of oxime groups is 1. The Bertz CT molecular complexity index is 499. The average Bonchev–Trinajstić information content (AvgIpc) is 2.94. The van der Waals surface area contributed by atoms with E-state index < -0.39 is 6.04 Å². The summed E-state index contributed by atoms with van der Waals surface area (Å²) in [5.41, 5.74) is 5.85. The van der Waals surface area contributed by atoms with Crippen molar-refractivity contribution in [3.8, 4) is 0 Å². The molecule has 8 nitrogen and oxygen atoms in total. The van der Waals surface area contributed by atoms with E-state index in [9.17, 15) is 4.79 Å². The number of carbonyl (C=O) groups excluding carboxylic acids is 1. The molecule has 0 spiro atoms. The van der Waals surface area contributed by atoms with Crippen LogP contribution in [0.5, 0.6) is 0 Å². The molecule has 1 unspecified atom stereocenters. The van der Waals surface area contributed by atoms with Crippen molar-refractivity contribution < 1.29 is 19.3 Å². The minimum atomic E-state index is -0.399. The van der Waals surface area contributed by atoms with Gasteiger partial charge in [-0.05, 0) is 19.3 Å². The monoisotopic (exact) mass is 282 g/mol. The SMILES string of the molecule is COCc1cc(C(=O)N2CCCCC2C(N)=NO)no1. The zero-order valence-electron chi connectivity index (χ0n) is 11.3. The van der Waals surface area contributed by atoms with Crippen LogP contribution in [0.4, 0.5) is 0 Å². The fourth-order valence-electron chi connectivity index (χ4n) is 2.32. The number of amidine groups is 1. The molecule has 1 fully saturated rings. The van der Waals surface area contributed by atoms with Crippen LogP contribution in [0.3, 0.4) is 0 Å². The lowest BCUT2D eigenvalue weighted by Gasteiger charge is -2.34. The van der Waals surface area contributed by atoms with Crippen molar-refractivity contribution >= 4 is 11.7 Å². The maximum absolute atomic E-state index is 12.4. The van der Waals surface area contributed by atoms with Gasteiger partial charge in [-0.3, -0.25) is 4.79 Å². The van der Waals surface area contributed by atoms with Crippen LogP contribution < -0.4 is 5.73 Å². The van der Waals surface area contributed by atoms with Gasteiger partial charge in [-0.15, -0.1) is 0 Å². The van der Waals surface area contributed by atoms with Crippen molar-refractivity contribution in [1.29, 1.82) is 0 Å². The molecule has 8 heteroatoms. The molecule has 1 aromatic heterocycles. The van der Waals surface area contributed by atoms with Crippen molar-refractivity contribution in [1.82, 2.24) is 10.1 Å². The fraction of sp³-hybridized carbons (Fsp3) is 0.583. The van der Waals surface area contributed by atoms with Crippen molar-refractivity contribution in [2.75, 3.05) is 13.7 Å². The summed E-state index contributed by atoms with van der Waals surface area (Å²) in [6.45, 7) is 0.802. The van der Waals surface area contributed by atoms with Crippen LogP contribution in [0, 0.1) is 0 Å². The molecule has 1 saturated heterocycles. The molecular formula is C12H18N4O4. The fourth-order valence-corrected chi connectivity index (χ4v) is 2.32. The largest absolute Gasteiger partial charge is 0.409 e. The number of piperidine rings is 1. The van der Waals surface area contributed by atoms with E-state index in [1.807, 2.05) is 0 Å². The summed E-state index contributed by atoms with van der Waals surface area (Å²) >= 11 is 0. The lowest BCUT2D eigenvalue weighted by atomic mass is 10.0. The van der Waals surface area contributed by atoms with E-state index in [2.05, 4.69) is 10.3 Å². The summed E-state index contributed by atoms with van der Waals surface area (Å²) in [5, 5.41) is 15.6. The number of nitrogens with two attached hydrogens (primary N) is 1. The van der Waals surface area contributed by atoms with Gasteiger partial charge in [0.25, 0.3) is 5.91 Å². The Labute approximate surface area is 116 Å². The van der Waals surface area contributed by atoms with Gasteiger partial charge in [0.15, 0.2) is 17.3 Å². The van der Waals surface area contributed by atoms with E-state index in [1.54, 1.807) is 11.0 Å². The average molecular weight is 282 g/mol. The second-order valence-corrected chi connectivity index (χ2v) is 4.65. The minimum Gasteiger partial charge on any atom is -0.409 e. The molecular weight excluding hydrogens is 264 g/mol. The van der Waals surface area contributed by atoms with E-state index >= 15 is 0 Å². The number of amides is 1. The summed E-state index contributed by atoms with van der Waals surface area (Å²) in [4.78, 5) is 14.0. The number of aromatic nitrogens is 1. The van der Waals surface area contributed by atoms with Gasteiger partial charge in [0.1, 0.15) is 6.61 Å². The third-order valence-electron chi connectivity index (χ3n) is 3.29. The highest BCUT2D eigenvalue weighted by molar-refractivity contribution is 5.97. The topological polar surface area (TPSA) is 114 Å². The highest BCUT2D eigenvalue weighted by Gasteiger charge is 2.31. The van der Waals surface area contributed by atoms with Gasteiger partial charge in [-0.25, -0.2) is 0 Å². The van der Waals surface area contributed by atoms with Crippen LogP contribution in [0.25, 0.3) is 0 Å². The Kier molecular flexibility index (Phi) is 4.57. The van der Waals surface area contributed by atoms with Gasteiger partial charge in [-0.2, -0.15) is 0 Å². The molecule has 110 valence electrons. The van der Waals surface area contributed by atoms with Crippen molar-refractivity contribution in [2.45, 2.75) is 31.9 Å². The summed E-state index contributed by atoms with van der Waals surface area (Å²) in [6.07, 6.45) is 2.48. The number of carbonyl (C=O) groups is 1. The van der Waals surface area contributed by atoms with Gasteiger partial charge in [0, 0.05) is 19.7 Å². The summed E-state index contributed by atoms with van der Waals surface area (Å²) < 4.78 is 9.92. The first-order valence-corrected chi connectivity index (χ1v) is 6.40. The molecule has 3 N–H and O–H groups in total. The number of likely N-dealkylation sites (tertiary alicyclic amines) is 1. The Hall–Kier alpha value is -2.09. The Balaban J connectivity index is 2.16. The zero-order chi connectivity index (χ0) is 14.5. The highest BCUT2D eigenvalue weighted by Crippen LogP contribution is 2.20. The summed E-state index contributed by atoms with van der Waals surface area (Å²) in [7, 11) is 1.53. The maximum atomic E-state index is 12.4. The van der Waals surface area contributed by atoms with Gasteiger partial charge in [0.2, 0.25) is 0 Å². The molecule has 20 heavy (non-hydrogen) atoms. The Morgan fingerprint density at radius 3 is 3.20 bits per heavy atom. The molecule has 2 rings (SSSR count). The molecule has 1 aromatic rings. The first-order valence-electron chi connectivity index (χ1n) is 6.40. The molecule has 0 radical (unpaired) electrons. The molecule has 0 saturated carbocycles. The predicted molar refractivity (Wildman–Crippen MR) is 69.3 cm³/mol. The van der Waals surface area contributed by atoms with Crippen molar-refractivity contribution in [3.63, 3.8) is 0 Å². The number of rotatable bonds is 4. The van der Waals surface area contributed by atoms with Crippen molar-refractivity contribution in [2.24, 2.45) is 10.9 Å². The van der Waals surface area contributed by atoms with Crippen LogP contribution in [-0.4, -0.2) is 46.7 Å². The lowest BCUT2D eigenvalue weighted by molar-refractivity contribution is 0.0665. The Morgan fingerprint density at radius 1 is 1.70 bits per heavy atom. The van der Waals surface area contributed by atoms with E-state index in [-0.39, 0.29) is 24.0 Å². The quantitative estimate of drug-likeness (QED) is 0.361. The standard InChI is InChI=1S/C12H18N4O4/c1-19-7-8-6-9(15-20-8)12(17)16-5-3-2-4-10(16)11(13)14-18/h6,10,18H,2-5,7H2,1H3,(H2,13,14). The van der Waals surface area contributed by atoms with Crippen molar-refractivity contribution in [3.05, 3.63) is 17.5 Å². The molecule has 2 heterocycles. The lowest BCUT2D eigenvalue weighted by Crippen LogP contribution is -2.50. The van der Waals surface area contributed by atoms with Gasteiger partial charge in [-0.1, -0.05) is 10.3 Å². The number of ether oxygens (including phenoxy) is 1. The minimum absolute atomic E-state index is 0.0404. The molecule has 1 aliphatic heterocycles. The van der Waals surface area contributed by atoms with Crippen LogP contribution in [0.2, 0.25) is 0 Å². The van der Waals surface area contributed by atoms with Crippen LogP contribution in [0.1, 0.15) is 35.5 Å². The van der Waals surface area contributed by atoms with Crippen LogP contribution in [0.15, 0.2) is 15.7 Å². The third-order valence-corrected chi connectivity index (χ3v) is 3.29. The first kappa shape index (κ1) is 14.3. The first-order chi connectivity index (χ1) is 9.67. The van der Waals surface area contributed by atoms with Gasteiger partial charge in [0.05, 0.1) is 6.04 Å². The Morgan fingerprint density at radius 2 is 2.50 bits per heavy atom. The van der Waals surface area contributed by atoms with Crippen LogP contribution >= 0.6 is 0 Å². The van der Waals surface area contributed by atoms with Gasteiger partial charge < -0.3 is 25.1 Å². The van der Waals surface area contributed by atoms with E-state index in [0.29, 0.717) is 18.7 Å². The number of methoxy groups -OCH3 is 1. The third kappa shape index (κ3) is 2.90. The van der Waals surface area contributed by atoms with Crippen LogP contribution in [-0.2, 0) is 11.3 Å². The van der Waals surface area contributed by atoms with E-state index in [1.165, 1.54) is 7.11 Å². The second kappa shape index (κ2) is 6.38. The number of hydrogen-bond donors (Lipinski definition) is 2. The van der Waals surface area contributed by atoms with Gasteiger partial charge >= 0.3 is 0 Å². The normalized spacial score (nSPS) is 20.1. The molecule has 1 amide bonds. The number of hydrogen-bond acceptors (Lipinski definition) is 6.